The van der Waals surface area contributed by atoms with Gasteiger partial charge in [0, 0.05) is 19.5 Å². The average molecular weight is 402 g/mol. The van der Waals surface area contributed by atoms with Gasteiger partial charge in [0.15, 0.2) is 0 Å². The Morgan fingerprint density at radius 3 is 2.69 bits per heavy atom. The van der Waals surface area contributed by atoms with Crippen LogP contribution in [-0.4, -0.2) is 43.0 Å². The molecular formula is C22H24F2N2O3. The van der Waals surface area contributed by atoms with E-state index in [9.17, 15) is 18.4 Å². The van der Waals surface area contributed by atoms with Gasteiger partial charge in [-0.3, -0.25) is 9.59 Å². The van der Waals surface area contributed by atoms with Gasteiger partial charge in [0.2, 0.25) is 11.8 Å². The van der Waals surface area contributed by atoms with Crippen LogP contribution in [0.1, 0.15) is 18.4 Å². The second kappa shape index (κ2) is 10.0. The molecule has 0 bridgehead atoms. The summed E-state index contributed by atoms with van der Waals surface area (Å²) in [6.45, 7) is 1.41. The molecule has 0 aromatic heterocycles. The van der Waals surface area contributed by atoms with Gasteiger partial charge < -0.3 is 15.0 Å². The Morgan fingerprint density at radius 2 is 1.93 bits per heavy atom. The topological polar surface area (TPSA) is 58.6 Å². The lowest BCUT2D eigenvalue weighted by atomic mass is 9.96. The maximum absolute atomic E-state index is 13.3. The number of benzene rings is 2. The first-order valence-electron chi connectivity index (χ1n) is 9.69. The van der Waals surface area contributed by atoms with Gasteiger partial charge in [-0.2, -0.15) is 0 Å². The third-order valence-electron chi connectivity index (χ3n) is 4.91. The molecule has 3 rings (SSSR count). The van der Waals surface area contributed by atoms with E-state index in [1.807, 2.05) is 6.07 Å². The van der Waals surface area contributed by atoms with Gasteiger partial charge in [-0.25, -0.2) is 8.78 Å². The van der Waals surface area contributed by atoms with E-state index >= 15 is 0 Å². The molecule has 1 aliphatic heterocycles. The molecule has 5 nitrogen and oxygen atoms in total. The van der Waals surface area contributed by atoms with Crippen LogP contribution >= 0.6 is 0 Å². The third kappa shape index (κ3) is 6.27. The Hall–Kier alpha value is -2.96. The van der Waals surface area contributed by atoms with Crippen molar-refractivity contribution in [1.29, 1.82) is 0 Å². The second-order valence-electron chi connectivity index (χ2n) is 7.05. The summed E-state index contributed by atoms with van der Waals surface area (Å²) in [5.41, 5.74) is 0.822. The van der Waals surface area contributed by atoms with Crippen LogP contribution < -0.4 is 10.1 Å². The van der Waals surface area contributed by atoms with Crippen LogP contribution in [0, 0.1) is 17.6 Å². The van der Waals surface area contributed by atoms with Crippen LogP contribution in [0.25, 0.3) is 0 Å². The predicted octanol–water partition coefficient (Wildman–Crippen LogP) is 2.94. The molecule has 1 fully saturated rings. The van der Waals surface area contributed by atoms with Crippen LogP contribution in [-0.2, 0) is 16.0 Å². The van der Waals surface area contributed by atoms with Crippen LogP contribution in [0.5, 0.6) is 5.75 Å². The van der Waals surface area contributed by atoms with E-state index in [0.717, 1.165) is 5.56 Å². The number of ether oxygens (including phenoxy) is 1. The number of carbonyl (C=O) groups is 2. The largest absolute Gasteiger partial charge is 0.492 e. The minimum absolute atomic E-state index is 0.0186. The highest BCUT2D eigenvalue weighted by molar-refractivity contribution is 5.83. The Morgan fingerprint density at radius 1 is 1.14 bits per heavy atom. The number of carbonyl (C=O) groups excluding carboxylic acids is 2. The normalized spacial score (nSPS) is 16.6. The van der Waals surface area contributed by atoms with E-state index in [1.54, 1.807) is 11.0 Å². The smallest absolute Gasteiger partial charge is 0.225 e. The summed E-state index contributed by atoms with van der Waals surface area (Å²) in [7, 11) is 0. The van der Waals surface area contributed by atoms with Gasteiger partial charge >= 0.3 is 0 Å². The molecule has 1 saturated heterocycles. The zero-order valence-electron chi connectivity index (χ0n) is 16.1. The molecule has 1 heterocycles. The lowest BCUT2D eigenvalue weighted by Crippen LogP contribution is -2.46. The number of likely N-dealkylation sites (tertiary alicyclic amines) is 1. The van der Waals surface area contributed by atoms with Crippen molar-refractivity contribution in [2.75, 3.05) is 26.2 Å². The fourth-order valence-corrected chi connectivity index (χ4v) is 3.32. The van der Waals surface area contributed by atoms with Crippen molar-refractivity contribution in [3.63, 3.8) is 0 Å². The maximum Gasteiger partial charge on any atom is 0.225 e. The number of hydrogen-bond donors (Lipinski definition) is 1. The number of nitrogens with zero attached hydrogens (tertiary/aromatic N) is 1. The first kappa shape index (κ1) is 20.8. The van der Waals surface area contributed by atoms with Crippen molar-refractivity contribution in [2.45, 2.75) is 19.3 Å². The van der Waals surface area contributed by atoms with Gasteiger partial charge in [-0.1, -0.05) is 12.1 Å². The van der Waals surface area contributed by atoms with Crippen molar-refractivity contribution in [3.05, 3.63) is 65.7 Å². The Bertz CT molecular complexity index is 842. The highest BCUT2D eigenvalue weighted by Gasteiger charge is 2.29. The zero-order chi connectivity index (χ0) is 20.6. The number of rotatable bonds is 8. The van der Waals surface area contributed by atoms with E-state index in [1.165, 1.54) is 36.4 Å². The van der Waals surface area contributed by atoms with Crippen LogP contribution in [0.2, 0.25) is 0 Å². The summed E-state index contributed by atoms with van der Waals surface area (Å²) < 4.78 is 31.6. The minimum atomic E-state index is -0.334. The Balaban J connectivity index is 1.41. The first-order chi connectivity index (χ1) is 14.0. The average Bonchev–Trinajstić information content (AvgIpc) is 2.72. The molecule has 0 radical (unpaired) electrons. The van der Waals surface area contributed by atoms with Crippen molar-refractivity contribution in [3.8, 4) is 5.75 Å². The predicted molar refractivity (Wildman–Crippen MR) is 104 cm³/mol. The van der Waals surface area contributed by atoms with Crippen molar-refractivity contribution in [1.82, 2.24) is 10.2 Å². The van der Waals surface area contributed by atoms with Gasteiger partial charge in [0.05, 0.1) is 12.5 Å². The molecule has 0 spiro atoms. The standard InChI is InChI=1S/C22H24F2N2O3/c23-18-5-7-20(8-6-18)29-13-11-25-22(28)17-4-9-21(27)26(15-17)12-10-16-2-1-3-19(24)14-16/h1-3,5-8,14,17H,4,9-13,15H2,(H,25,28)/t17-/m0/s1. The molecule has 1 atom stereocenters. The molecule has 0 saturated carbocycles. The Kier molecular flexibility index (Phi) is 7.16. The van der Waals surface area contributed by atoms with E-state index in [2.05, 4.69) is 5.32 Å². The first-order valence-corrected chi connectivity index (χ1v) is 9.69. The number of piperidine rings is 1. The summed E-state index contributed by atoms with van der Waals surface area (Å²) in [6.07, 6.45) is 1.39. The summed E-state index contributed by atoms with van der Waals surface area (Å²) in [5.74, 6) is -0.466. The van der Waals surface area contributed by atoms with E-state index in [0.29, 0.717) is 44.6 Å². The number of hydrogen-bond acceptors (Lipinski definition) is 3. The third-order valence-corrected chi connectivity index (χ3v) is 4.91. The fourth-order valence-electron chi connectivity index (χ4n) is 3.32. The molecule has 29 heavy (non-hydrogen) atoms. The highest BCUT2D eigenvalue weighted by atomic mass is 19.1. The summed E-state index contributed by atoms with van der Waals surface area (Å²) in [4.78, 5) is 26.3. The molecule has 2 amide bonds. The maximum atomic E-state index is 13.3. The van der Waals surface area contributed by atoms with Gasteiger partial charge in [0.1, 0.15) is 24.0 Å². The highest BCUT2D eigenvalue weighted by Crippen LogP contribution is 2.18. The molecular weight excluding hydrogens is 378 g/mol. The minimum Gasteiger partial charge on any atom is -0.492 e. The number of amides is 2. The van der Waals surface area contributed by atoms with E-state index in [4.69, 9.17) is 4.74 Å². The molecule has 0 aliphatic carbocycles. The van der Waals surface area contributed by atoms with Gasteiger partial charge in [-0.05, 0) is 54.8 Å². The number of halogens is 2. The van der Waals surface area contributed by atoms with Crippen molar-refractivity contribution >= 4 is 11.8 Å². The lowest BCUT2D eigenvalue weighted by molar-refractivity contribution is -0.138. The lowest BCUT2D eigenvalue weighted by Gasteiger charge is -2.32. The molecule has 2 aromatic rings. The van der Waals surface area contributed by atoms with Crippen molar-refractivity contribution < 1.29 is 23.1 Å². The monoisotopic (exact) mass is 402 g/mol. The fraction of sp³-hybridized carbons (Fsp3) is 0.364. The van der Waals surface area contributed by atoms with Gasteiger partial charge in [0.25, 0.3) is 0 Å². The molecule has 154 valence electrons. The zero-order valence-corrected chi connectivity index (χ0v) is 16.1. The van der Waals surface area contributed by atoms with Crippen LogP contribution in [0.3, 0.4) is 0 Å². The van der Waals surface area contributed by atoms with Gasteiger partial charge in [-0.15, -0.1) is 0 Å². The molecule has 1 N–H and O–H groups in total. The number of nitrogens with one attached hydrogen (secondary N) is 1. The SMILES string of the molecule is O=C(NCCOc1ccc(F)cc1)[C@H]1CCC(=O)N(CCc2cccc(F)c2)C1. The molecule has 0 unspecified atom stereocenters. The molecule has 7 heteroatoms. The molecule has 2 aromatic carbocycles. The van der Waals surface area contributed by atoms with Crippen LogP contribution in [0.4, 0.5) is 8.78 Å². The second-order valence-corrected chi connectivity index (χ2v) is 7.05. The van der Waals surface area contributed by atoms with Crippen LogP contribution in [0.15, 0.2) is 48.5 Å². The quantitative estimate of drug-likeness (QED) is 0.691. The van der Waals surface area contributed by atoms with E-state index in [-0.39, 0.29) is 36.0 Å². The van der Waals surface area contributed by atoms with Crippen molar-refractivity contribution in [2.24, 2.45) is 5.92 Å². The Labute approximate surface area is 168 Å². The summed E-state index contributed by atoms with van der Waals surface area (Å²) in [6, 6.07) is 12.0. The molecule has 1 aliphatic rings. The summed E-state index contributed by atoms with van der Waals surface area (Å²) >= 11 is 0. The van der Waals surface area contributed by atoms with E-state index < -0.39 is 0 Å². The summed E-state index contributed by atoms with van der Waals surface area (Å²) in [5, 5.41) is 2.83.